The summed E-state index contributed by atoms with van der Waals surface area (Å²) >= 11 is 0. The van der Waals surface area contributed by atoms with E-state index in [1.165, 1.54) is 32.0 Å². The lowest BCUT2D eigenvalue weighted by Gasteiger charge is -2.39. The molecule has 0 unspecified atom stereocenters. The molecule has 5 rings (SSSR count). The fraction of sp³-hybridized carbons (Fsp3) is 0.519. The molecule has 3 aliphatic heterocycles. The second-order valence-corrected chi connectivity index (χ2v) is 9.84. The number of piperidine rings is 1. The number of halogens is 1. The standard InChI is InChI=1S/C27H34FN3O2/c28-23-9-5-8-21(17-23)24-19-31(20-27(24)12-6-11-26(32)29-27)18-22-7-1-2-10-25(22)33-16-15-30-13-3-4-14-30/h1-2,5,7-10,17,24H,3-4,6,11-16,18-20H2,(H,29,32)/t24-,27+/m0/s1. The number of carbonyl (C=O) groups is 1. The number of para-hydroxylation sites is 1. The molecule has 2 atom stereocenters. The minimum atomic E-state index is -0.339. The van der Waals surface area contributed by atoms with Crippen molar-refractivity contribution < 1.29 is 13.9 Å². The van der Waals surface area contributed by atoms with Gasteiger partial charge in [-0.2, -0.15) is 0 Å². The molecule has 176 valence electrons. The number of ether oxygens (including phenoxy) is 1. The molecule has 0 aliphatic carbocycles. The maximum Gasteiger partial charge on any atom is 0.220 e. The molecule has 33 heavy (non-hydrogen) atoms. The van der Waals surface area contributed by atoms with Gasteiger partial charge in [0, 0.05) is 44.1 Å². The van der Waals surface area contributed by atoms with Crippen molar-refractivity contribution in [3.8, 4) is 5.75 Å². The van der Waals surface area contributed by atoms with Gasteiger partial charge in [-0.1, -0.05) is 30.3 Å². The van der Waals surface area contributed by atoms with Gasteiger partial charge in [0.15, 0.2) is 0 Å². The molecular weight excluding hydrogens is 417 g/mol. The second-order valence-electron chi connectivity index (χ2n) is 9.84. The van der Waals surface area contributed by atoms with Crippen LogP contribution in [0.5, 0.6) is 5.75 Å². The number of amides is 1. The predicted molar refractivity (Wildman–Crippen MR) is 127 cm³/mol. The summed E-state index contributed by atoms with van der Waals surface area (Å²) in [6.45, 7) is 6.32. The lowest BCUT2D eigenvalue weighted by molar-refractivity contribution is -0.125. The van der Waals surface area contributed by atoms with E-state index in [1.54, 1.807) is 12.1 Å². The van der Waals surface area contributed by atoms with Crippen molar-refractivity contribution in [1.29, 1.82) is 0 Å². The smallest absolute Gasteiger partial charge is 0.220 e. The first-order valence-electron chi connectivity index (χ1n) is 12.3. The van der Waals surface area contributed by atoms with Crippen LogP contribution in [-0.4, -0.2) is 60.6 Å². The van der Waals surface area contributed by atoms with Gasteiger partial charge in [0.2, 0.25) is 5.91 Å². The fourth-order valence-corrected chi connectivity index (χ4v) is 5.93. The maximum atomic E-state index is 14.1. The highest BCUT2D eigenvalue weighted by Gasteiger charge is 2.49. The SMILES string of the molecule is O=C1CCC[C@]2(CN(Cc3ccccc3OCCN3CCCC3)C[C@H]2c2cccc(F)c2)N1. The van der Waals surface area contributed by atoms with Crippen LogP contribution in [0.2, 0.25) is 0 Å². The van der Waals surface area contributed by atoms with Crippen molar-refractivity contribution >= 4 is 5.91 Å². The van der Waals surface area contributed by atoms with Crippen molar-refractivity contribution in [3.05, 3.63) is 65.5 Å². The first kappa shape index (κ1) is 22.4. The van der Waals surface area contributed by atoms with Crippen molar-refractivity contribution in [3.63, 3.8) is 0 Å². The minimum Gasteiger partial charge on any atom is -0.492 e. The normalized spacial score (nSPS) is 26.1. The zero-order chi connectivity index (χ0) is 22.7. The van der Waals surface area contributed by atoms with E-state index in [1.807, 2.05) is 12.1 Å². The van der Waals surface area contributed by atoms with Gasteiger partial charge in [0.1, 0.15) is 18.2 Å². The van der Waals surface area contributed by atoms with Gasteiger partial charge >= 0.3 is 0 Å². The first-order valence-corrected chi connectivity index (χ1v) is 12.3. The highest BCUT2D eigenvalue weighted by molar-refractivity contribution is 5.78. The van der Waals surface area contributed by atoms with Crippen LogP contribution < -0.4 is 10.1 Å². The summed E-state index contributed by atoms with van der Waals surface area (Å²) in [5, 5.41) is 3.32. The zero-order valence-electron chi connectivity index (χ0n) is 19.3. The lowest BCUT2D eigenvalue weighted by atomic mass is 9.76. The Balaban J connectivity index is 1.31. The predicted octanol–water partition coefficient (Wildman–Crippen LogP) is 3.94. The molecule has 1 amide bonds. The number of nitrogens with zero attached hydrogens (tertiary/aromatic N) is 2. The van der Waals surface area contributed by atoms with E-state index in [-0.39, 0.29) is 23.2 Å². The third-order valence-electron chi connectivity index (χ3n) is 7.51. The van der Waals surface area contributed by atoms with Gasteiger partial charge in [-0.05, 0) is 62.5 Å². The number of carbonyl (C=O) groups excluding carboxylic acids is 1. The first-order chi connectivity index (χ1) is 16.1. The van der Waals surface area contributed by atoms with E-state index >= 15 is 0 Å². The number of likely N-dealkylation sites (tertiary alicyclic amines) is 2. The molecule has 0 bridgehead atoms. The maximum absolute atomic E-state index is 14.1. The monoisotopic (exact) mass is 451 g/mol. The van der Waals surface area contributed by atoms with Crippen LogP contribution in [0.3, 0.4) is 0 Å². The largest absolute Gasteiger partial charge is 0.492 e. The average Bonchev–Trinajstić information content (AvgIpc) is 3.43. The Labute approximate surface area is 195 Å². The highest BCUT2D eigenvalue weighted by Crippen LogP contribution is 2.42. The van der Waals surface area contributed by atoms with Gasteiger partial charge in [-0.25, -0.2) is 4.39 Å². The molecule has 5 nitrogen and oxygen atoms in total. The molecule has 6 heteroatoms. The van der Waals surface area contributed by atoms with Crippen molar-refractivity contribution in [1.82, 2.24) is 15.1 Å². The third-order valence-corrected chi connectivity index (χ3v) is 7.51. The molecular formula is C27H34FN3O2. The van der Waals surface area contributed by atoms with Gasteiger partial charge in [0.05, 0.1) is 5.54 Å². The van der Waals surface area contributed by atoms with Gasteiger partial charge in [0.25, 0.3) is 0 Å². The highest BCUT2D eigenvalue weighted by atomic mass is 19.1. The quantitative estimate of drug-likeness (QED) is 0.693. The number of benzene rings is 2. The zero-order valence-corrected chi connectivity index (χ0v) is 19.3. The summed E-state index contributed by atoms with van der Waals surface area (Å²) in [7, 11) is 0. The van der Waals surface area contributed by atoms with E-state index in [2.05, 4.69) is 33.3 Å². The fourth-order valence-electron chi connectivity index (χ4n) is 5.93. The van der Waals surface area contributed by atoms with E-state index in [0.717, 1.165) is 55.9 Å². The van der Waals surface area contributed by atoms with Gasteiger partial charge in [-0.15, -0.1) is 0 Å². The van der Waals surface area contributed by atoms with E-state index in [4.69, 9.17) is 4.74 Å². The van der Waals surface area contributed by atoms with Gasteiger partial charge in [-0.3, -0.25) is 14.6 Å². The number of nitrogens with one attached hydrogen (secondary N) is 1. The van der Waals surface area contributed by atoms with Crippen molar-refractivity contribution in [2.24, 2.45) is 0 Å². The number of rotatable bonds is 7. The van der Waals surface area contributed by atoms with Crippen LogP contribution >= 0.6 is 0 Å². The average molecular weight is 452 g/mol. The summed E-state index contributed by atoms with van der Waals surface area (Å²) in [6, 6.07) is 15.1. The van der Waals surface area contributed by atoms with Crippen molar-refractivity contribution in [2.75, 3.05) is 39.3 Å². The topological polar surface area (TPSA) is 44.8 Å². The van der Waals surface area contributed by atoms with Crippen molar-refractivity contribution in [2.45, 2.75) is 50.1 Å². The summed E-state index contributed by atoms with van der Waals surface area (Å²) < 4.78 is 20.3. The molecule has 1 spiro atoms. The minimum absolute atomic E-state index is 0.0701. The molecule has 0 aromatic heterocycles. The molecule has 2 aromatic rings. The summed E-state index contributed by atoms with van der Waals surface area (Å²) in [4.78, 5) is 17.2. The Morgan fingerprint density at radius 2 is 1.91 bits per heavy atom. The van der Waals surface area contributed by atoms with E-state index in [9.17, 15) is 9.18 Å². The Bertz CT molecular complexity index is 977. The van der Waals surface area contributed by atoms with Crippen LogP contribution in [-0.2, 0) is 11.3 Å². The molecule has 3 heterocycles. The van der Waals surface area contributed by atoms with Crippen LogP contribution in [0.1, 0.15) is 49.1 Å². The molecule has 3 saturated heterocycles. The Kier molecular flexibility index (Phi) is 6.65. The van der Waals surface area contributed by atoms with E-state index in [0.29, 0.717) is 13.0 Å². The Morgan fingerprint density at radius 1 is 1.06 bits per heavy atom. The second kappa shape index (κ2) is 9.82. The van der Waals surface area contributed by atoms with E-state index < -0.39 is 0 Å². The van der Waals surface area contributed by atoms with Crippen LogP contribution in [0.4, 0.5) is 4.39 Å². The summed E-state index contributed by atoms with van der Waals surface area (Å²) in [6.07, 6.45) is 4.95. The molecule has 1 N–H and O–H groups in total. The lowest BCUT2D eigenvalue weighted by Crippen LogP contribution is -2.56. The van der Waals surface area contributed by atoms with Gasteiger partial charge < -0.3 is 10.1 Å². The number of hydrogen-bond acceptors (Lipinski definition) is 4. The summed E-state index contributed by atoms with van der Waals surface area (Å²) in [5.74, 6) is 0.892. The molecule has 3 fully saturated rings. The van der Waals surface area contributed by atoms with Crippen LogP contribution in [0, 0.1) is 5.82 Å². The molecule has 2 aromatic carbocycles. The van der Waals surface area contributed by atoms with Crippen LogP contribution in [0.15, 0.2) is 48.5 Å². The molecule has 0 saturated carbocycles. The number of hydrogen-bond donors (Lipinski definition) is 1. The Morgan fingerprint density at radius 3 is 2.73 bits per heavy atom. The Hall–Kier alpha value is -2.44. The van der Waals surface area contributed by atoms with Crippen LogP contribution in [0.25, 0.3) is 0 Å². The molecule has 3 aliphatic rings. The third kappa shape index (κ3) is 5.07. The molecule has 0 radical (unpaired) electrons. The summed E-state index contributed by atoms with van der Waals surface area (Å²) in [5.41, 5.74) is 1.79.